The van der Waals surface area contributed by atoms with Crippen molar-refractivity contribution in [3.8, 4) is 0 Å². The number of nitrogens with one attached hydrogen (secondary N) is 2. The second-order valence-electron chi connectivity index (χ2n) is 13.5. The Hall–Kier alpha value is -4.12. The van der Waals surface area contributed by atoms with E-state index in [1.165, 1.54) is 9.47 Å². The molecule has 2 saturated heterocycles. The van der Waals surface area contributed by atoms with E-state index in [4.69, 9.17) is 11.6 Å². The molecule has 2 aromatic carbocycles. The van der Waals surface area contributed by atoms with E-state index >= 15 is 4.39 Å². The van der Waals surface area contributed by atoms with Gasteiger partial charge in [-0.15, -0.1) is 0 Å². The van der Waals surface area contributed by atoms with Crippen LogP contribution in [0.1, 0.15) is 79.4 Å². The Bertz CT molecular complexity index is 1960. The Kier molecular flexibility index (Phi) is 7.49. The number of amides is 3. The van der Waals surface area contributed by atoms with Gasteiger partial charge in [0.1, 0.15) is 11.7 Å². The van der Waals surface area contributed by atoms with Gasteiger partial charge in [0.2, 0.25) is 11.8 Å². The summed E-state index contributed by atoms with van der Waals surface area (Å²) in [5.41, 5.74) is 4.05. The average Bonchev–Trinajstić information content (AvgIpc) is 3.59. The molecular weight excluding hydrogens is 611 g/mol. The van der Waals surface area contributed by atoms with Gasteiger partial charge in [-0.3, -0.25) is 28.8 Å². The Labute approximate surface area is 270 Å². The number of H-pyrrole nitrogens is 1. The monoisotopic (exact) mass is 648 g/mol. The summed E-state index contributed by atoms with van der Waals surface area (Å²) >= 11 is 6.35. The molecule has 3 aliphatic rings. The standard InChI is InChI=1S/C34H38ClFN6O4/c1-39(2)32(45)23-18-21-20(17-22(35)28(36)29(21)37-23)19-9-11-34(12-10-19)13-15-41(16-14-34)24-5-4-6-25-30(24)40(3)33(46)42(25)26-7-8-27(43)38-31(26)44/h4-6,17-19,26,37H,7-16H2,1-3H3,(H,38,43,44). The van der Waals surface area contributed by atoms with Gasteiger partial charge in [-0.25, -0.2) is 9.18 Å². The molecule has 1 atom stereocenters. The molecule has 2 aromatic heterocycles. The zero-order chi connectivity index (χ0) is 32.5. The van der Waals surface area contributed by atoms with Crippen molar-refractivity contribution in [3.05, 3.63) is 62.9 Å². The number of benzene rings is 2. The lowest BCUT2D eigenvalue weighted by atomic mass is 9.64. The van der Waals surface area contributed by atoms with E-state index < -0.39 is 17.8 Å². The van der Waals surface area contributed by atoms with Crippen molar-refractivity contribution in [2.75, 3.05) is 32.1 Å². The minimum atomic E-state index is -0.715. The number of carbonyl (C=O) groups is 3. The first kappa shape index (κ1) is 30.5. The number of aromatic amines is 1. The molecule has 1 aliphatic carbocycles. The summed E-state index contributed by atoms with van der Waals surface area (Å²) in [4.78, 5) is 57.3. The highest BCUT2D eigenvalue weighted by molar-refractivity contribution is 6.31. The smallest absolute Gasteiger partial charge is 0.329 e. The van der Waals surface area contributed by atoms with Crippen LogP contribution in [0.3, 0.4) is 0 Å². The molecular formula is C34H38ClFN6O4. The number of aromatic nitrogens is 3. The zero-order valence-electron chi connectivity index (χ0n) is 26.3. The predicted octanol–water partition coefficient (Wildman–Crippen LogP) is 5.24. The third-order valence-corrected chi connectivity index (χ3v) is 11.0. The molecule has 0 bridgehead atoms. The number of imide groups is 1. The largest absolute Gasteiger partial charge is 0.370 e. The van der Waals surface area contributed by atoms with Crippen LogP contribution < -0.4 is 15.9 Å². The minimum absolute atomic E-state index is 0.0665. The molecule has 1 saturated carbocycles. The van der Waals surface area contributed by atoms with Gasteiger partial charge in [-0.2, -0.15) is 0 Å². The molecule has 3 fully saturated rings. The molecule has 0 radical (unpaired) electrons. The van der Waals surface area contributed by atoms with Crippen molar-refractivity contribution in [3.63, 3.8) is 0 Å². The van der Waals surface area contributed by atoms with Crippen molar-refractivity contribution in [2.45, 2.75) is 63.3 Å². The molecule has 1 unspecified atom stereocenters. The predicted molar refractivity (Wildman–Crippen MR) is 175 cm³/mol. The summed E-state index contributed by atoms with van der Waals surface area (Å²) in [6.07, 6.45) is 6.54. The molecule has 12 heteroatoms. The molecule has 2 aliphatic heterocycles. The first-order valence-corrected chi connectivity index (χ1v) is 16.4. The summed E-state index contributed by atoms with van der Waals surface area (Å²) in [6.45, 7) is 1.70. The lowest BCUT2D eigenvalue weighted by Crippen LogP contribution is -2.44. The summed E-state index contributed by atoms with van der Waals surface area (Å²) in [5.74, 6) is -1.27. The van der Waals surface area contributed by atoms with Crippen LogP contribution in [0.2, 0.25) is 5.02 Å². The average molecular weight is 649 g/mol. The molecule has 10 nitrogen and oxygen atoms in total. The number of hydrogen-bond donors (Lipinski definition) is 2. The van der Waals surface area contributed by atoms with Gasteiger partial charge in [0.25, 0.3) is 5.91 Å². The number of nitrogens with zero attached hydrogens (tertiary/aromatic N) is 4. The SMILES string of the molecule is CN(C)C(=O)c1cc2c(C3CCC4(CC3)CCN(c3cccc5c3n(C)c(=O)n5C3CCC(=O)NC3=O)CC4)cc(Cl)c(F)c2[nH]1. The number of hydrogen-bond acceptors (Lipinski definition) is 5. The first-order valence-electron chi connectivity index (χ1n) is 16.0. The van der Waals surface area contributed by atoms with Crippen LogP contribution in [0.15, 0.2) is 35.1 Å². The number of halogens is 2. The van der Waals surface area contributed by atoms with Gasteiger partial charge in [0.15, 0.2) is 5.82 Å². The second kappa shape index (κ2) is 11.3. The van der Waals surface area contributed by atoms with Crippen LogP contribution in [0.4, 0.5) is 10.1 Å². The van der Waals surface area contributed by atoms with Crippen molar-refractivity contribution in [1.82, 2.24) is 24.3 Å². The van der Waals surface area contributed by atoms with Crippen molar-refractivity contribution in [1.29, 1.82) is 0 Å². The highest BCUT2D eigenvalue weighted by Gasteiger charge is 2.40. The summed E-state index contributed by atoms with van der Waals surface area (Å²) in [6, 6.07) is 8.64. The number of anilines is 1. The van der Waals surface area contributed by atoms with Gasteiger partial charge in [-0.05, 0) is 86.1 Å². The van der Waals surface area contributed by atoms with Gasteiger partial charge < -0.3 is 14.8 Å². The van der Waals surface area contributed by atoms with Gasteiger partial charge in [0, 0.05) is 46.0 Å². The second-order valence-corrected chi connectivity index (χ2v) is 13.9. The highest BCUT2D eigenvalue weighted by Crippen LogP contribution is 2.51. The number of carbonyl (C=O) groups excluding carboxylic acids is 3. The maximum absolute atomic E-state index is 15.0. The van der Waals surface area contributed by atoms with Crippen LogP contribution in [0.5, 0.6) is 0 Å². The molecule has 7 rings (SSSR count). The van der Waals surface area contributed by atoms with Gasteiger partial charge in [0.05, 0.1) is 27.3 Å². The molecule has 2 N–H and O–H groups in total. The number of rotatable bonds is 4. The van der Waals surface area contributed by atoms with Crippen molar-refractivity contribution >= 4 is 56.9 Å². The lowest BCUT2D eigenvalue weighted by molar-refractivity contribution is -0.135. The van der Waals surface area contributed by atoms with E-state index in [-0.39, 0.29) is 45.8 Å². The molecule has 4 aromatic rings. The third kappa shape index (κ3) is 4.90. The lowest BCUT2D eigenvalue weighted by Gasteiger charge is -2.47. The van der Waals surface area contributed by atoms with Crippen molar-refractivity contribution in [2.24, 2.45) is 12.5 Å². The summed E-state index contributed by atoms with van der Waals surface area (Å²) < 4.78 is 18.2. The van der Waals surface area contributed by atoms with E-state index in [1.54, 1.807) is 37.8 Å². The quantitative estimate of drug-likeness (QED) is 0.294. The van der Waals surface area contributed by atoms with Crippen LogP contribution in [0.25, 0.3) is 21.9 Å². The number of aryl methyl sites for hydroxylation is 1. The number of piperidine rings is 2. The third-order valence-electron chi connectivity index (χ3n) is 10.7. The number of fused-ring (bicyclic) bond motifs is 2. The van der Waals surface area contributed by atoms with Crippen molar-refractivity contribution < 1.29 is 18.8 Å². The van der Waals surface area contributed by atoms with Crippen LogP contribution in [0, 0.1) is 11.2 Å². The van der Waals surface area contributed by atoms with Gasteiger partial charge >= 0.3 is 5.69 Å². The van der Waals surface area contributed by atoms with Crippen LogP contribution in [-0.4, -0.2) is 63.9 Å². The first-order chi connectivity index (χ1) is 22.0. The Balaban J connectivity index is 1.09. The van der Waals surface area contributed by atoms with E-state index in [0.717, 1.165) is 73.8 Å². The fourth-order valence-electron chi connectivity index (χ4n) is 8.11. The molecule has 1 spiro atoms. The fraction of sp³-hybridized carbons (Fsp3) is 0.471. The number of para-hydroxylation sites is 1. The van der Waals surface area contributed by atoms with Gasteiger partial charge in [-0.1, -0.05) is 17.7 Å². The maximum atomic E-state index is 15.0. The normalized spacial score (nSPS) is 20.5. The Morgan fingerprint density at radius 3 is 2.43 bits per heavy atom. The summed E-state index contributed by atoms with van der Waals surface area (Å²) in [5, 5.41) is 3.17. The molecule has 3 amide bonds. The Morgan fingerprint density at radius 1 is 1.04 bits per heavy atom. The van der Waals surface area contributed by atoms with E-state index in [1.807, 2.05) is 18.2 Å². The zero-order valence-corrected chi connectivity index (χ0v) is 27.0. The molecule has 4 heterocycles. The topological polar surface area (TPSA) is 112 Å². The molecule has 46 heavy (non-hydrogen) atoms. The highest BCUT2D eigenvalue weighted by atomic mass is 35.5. The Morgan fingerprint density at radius 2 is 1.76 bits per heavy atom. The minimum Gasteiger partial charge on any atom is -0.370 e. The van der Waals surface area contributed by atoms with E-state index in [2.05, 4.69) is 15.2 Å². The van der Waals surface area contributed by atoms with Crippen LogP contribution in [-0.2, 0) is 16.6 Å². The molecule has 242 valence electrons. The fourth-order valence-corrected chi connectivity index (χ4v) is 8.32. The van der Waals surface area contributed by atoms with E-state index in [9.17, 15) is 19.2 Å². The van der Waals surface area contributed by atoms with E-state index in [0.29, 0.717) is 17.6 Å². The summed E-state index contributed by atoms with van der Waals surface area (Å²) in [7, 11) is 5.08. The number of imidazole rings is 1. The van der Waals surface area contributed by atoms with Crippen LogP contribution >= 0.6 is 11.6 Å². The maximum Gasteiger partial charge on any atom is 0.329 e.